The van der Waals surface area contributed by atoms with Gasteiger partial charge in [0.2, 0.25) is 0 Å². The van der Waals surface area contributed by atoms with Crippen molar-refractivity contribution in [2.45, 2.75) is 6.92 Å². The summed E-state index contributed by atoms with van der Waals surface area (Å²) in [4.78, 5) is 0. The Bertz CT molecular complexity index is 1040. The van der Waals surface area contributed by atoms with Crippen LogP contribution >= 0.6 is 0 Å². The molecular weight excluding hydrogens is 314 g/mol. The number of fused-ring (bicyclic) bond motifs is 1. The molecule has 25 heavy (non-hydrogen) atoms. The average Bonchev–Trinajstić information content (AvgIpc) is 3.00. The quantitative estimate of drug-likeness (QED) is 0.623. The van der Waals surface area contributed by atoms with Gasteiger partial charge in [0.05, 0.1) is 18.4 Å². The minimum absolute atomic E-state index is 0.459. The number of rotatable bonds is 3. The predicted octanol–water partition coefficient (Wildman–Crippen LogP) is 3.36. The van der Waals surface area contributed by atoms with Crippen molar-refractivity contribution in [2.24, 2.45) is 0 Å². The van der Waals surface area contributed by atoms with Crippen molar-refractivity contribution in [2.75, 3.05) is 12.8 Å². The van der Waals surface area contributed by atoms with Gasteiger partial charge in [-0.25, -0.2) is 0 Å². The molecule has 4 aromatic rings. The van der Waals surface area contributed by atoms with E-state index in [4.69, 9.17) is 10.5 Å². The summed E-state index contributed by atoms with van der Waals surface area (Å²) in [6.45, 7) is 1.95. The topological polar surface area (TPSA) is 78.3 Å². The summed E-state index contributed by atoms with van der Waals surface area (Å²) in [5.74, 6) is 1.23. The highest BCUT2D eigenvalue weighted by Crippen LogP contribution is 2.31. The van der Waals surface area contributed by atoms with E-state index in [1.165, 1.54) is 0 Å². The molecule has 2 N–H and O–H groups in total. The number of nitrogen functional groups attached to an aromatic ring is 1. The first-order valence-corrected chi connectivity index (χ1v) is 7.90. The van der Waals surface area contributed by atoms with Crippen molar-refractivity contribution in [1.82, 2.24) is 19.8 Å². The van der Waals surface area contributed by atoms with E-state index in [9.17, 15) is 0 Å². The lowest BCUT2D eigenvalue weighted by molar-refractivity contribution is 0.415. The second-order valence-electron chi connectivity index (χ2n) is 5.72. The zero-order valence-electron chi connectivity index (χ0n) is 14.0. The molecule has 6 heteroatoms. The number of methoxy groups -OCH3 is 1. The Hall–Kier alpha value is -3.41. The number of aryl methyl sites for hydroxylation is 1. The number of hydrogen-bond donors (Lipinski definition) is 1. The zero-order valence-corrected chi connectivity index (χ0v) is 14.0. The Morgan fingerprint density at radius 3 is 2.32 bits per heavy atom. The summed E-state index contributed by atoms with van der Waals surface area (Å²) in [6, 6.07) is 17.5. The van der Waals surface area contributed by atoms with Gasteiger partial charge in [-0.2, -0.15) is 9.61 Å². The number of anilines is 1. The van der Waals surface area contributed by atoms with E-state index < -0.39 is 0 Å². The molecule has 2 heterocycles. The number of aromatic nitrogens is 4. The van der Waals surface area contributed by atoms with Crippen LogP contribution in [-0.4, -0.2) is 26.9 Å². The van der Waals surface area contributed by atoms with Gasteiger partial charge in [-0.15, -0.1) is 10.2 Å². The fourth-order valence-electron chi connectivity index (χ4n) is 2.92. The molecule has 124 valence electrons. The molecule has 0 aliphatic heterocycles. The van der Waals surface area contributed by atoms with Gasteiger partial charge in [-0.3, -0.25) is 0 Å². The smallest absolute Gasteiger partial charge is 0.187 e. The standard InChI is InChI=1S/C19H17N5O/c1-12-16(13-6-4-3-5-7-13)19-22-21-17(18(20)24(19)23-12)14-8-10-15(25-2)11-9-14/h3-11H,20H2,1-2H3. The molecular formula is C19H17N5O. The van der Waals surface area contributed by atoms with Crippen LogP contribution in [0.25, 0.3) is 28.0 Å². The van der Waals surface area contributed by atoms with Crippen molar-refractivity contribution in [1.29, 1.82) is 0 Å². The highest BCUT2D eigenvalue weighted by atomic mass is 16.5. The second kappa shape index (κ2) is 5.90. The van der Waals surface area contributed by atoms with Crippen LogP contribution in [0.15, 0.2) is 54.6 Å². The molecule has 4 rings (SSSR count). The molecule has 0 unspecified atom stereocenters. The maximum Gasteiger partial charge on any atom is 0.187 e. The normalized spacial score (nSPS) is 11.0. The molecule has 0 radical (unpaired) electrons. The average molecular weight is 331 g/mol. The maximum absolute atomic E-state index is 6.35. The first-order chi connectivity index (χ1) is 12.2. The van der Waals surface area contributed by atoms with E-state index in [1.54, 1.807) is 11.6 Å². The minimum Gasteiger partial charge on any atom is -0.497 e. The maximum atomic E-state index is 6.35. The molecule has 2 aromatic heterocycles. The lowest BCUT2D eigenvalue weighted by Crippen LogP contribution is -2.05. The van der Waals surface area contributed by atoms with E-state index in [-0.39, 0.29) is 0 Å². The third-order valence-corrected chi connectivity index (χ3v) is 4.18. The first-order valence-electron chi connectivity index (χ1n) is 7.90. The van der Waals surface area contributed by atoms with E-state index in [0.29, 0.717) is 17.2 Å². The van der Waals surface area contributed by atoms with Crippen LogP contribution in [0.2, 0.25) is 0 Å². The van der Waals surface area contributed by atoms with Crippen molar-refractivity contribution in [3.8, 4) is 28.1 Å². The molecule has 0 saturated heterocycles. The molecule has 0 bridgehead atoms. The van der Waals surface area contributed by atoms with Gasteiger partial charge < -0.3 is 10.5 Å². The Labute approximate surface area is 144 Å². The lowest BCUT2D eigenvalue weighted by atomic mass is 10.1. The summed E-state index contributed by atoms with van der Waals surface area (Å²) in [6.07, 6.45) is 0. The number of nitrogens with zero attached hydrogens (tertiary/aromatic N) is 4. The molecule has 0 atom stereocenters. The fraction of sp³-hybridized carbons (Fsp3) is 0.105. The Balaban J connectivity index is 1.89. The van der Waals surface area contributed by atoms with Gasteiger partial charge in [-0.1, -0.05) is 30.3 Å². The minimum atomic E-state index is 0.459. The molecule has 0 aliphatic carbocycles. The molecule has 2 aromatic carbocycles. The first kappa shape index (κ1) is 15.1. The van der Waals surface area contributed by atoms with Crippen molar-refractivity contribution >= 4 is 11.5 Å². The molecule has 6 nitrogen and oxygen atoms in total. The monoisotopic (exact) mass is 331 g/mol. The van der Waals surface area contributed by atoms with Crippen LogP contribution < -0.4 is 10.5 Å². The Kier molecular flexibility index (Phi) is 3.57. The lowest BCUT2D eigenvalue weighted by Gasteiger charge is -2.07. The van der Waals surface area contributed by atoms with Crippen LogP contribution in [0, 0.1) is 6.92 Å². The predicted molar refractivity (Wildman–Crippen MR) is 97.4 cm³/mol. The van der Waals surface area contributed by atoms with Crippen molar-refractivity contribution < 1.29 is 4.74 Å². The summed E-state index contributed by atoms with van der Waals surface area (Å²) in [5, 5.41) is 13.3. The third kappa shape index (κ3) is 2.48. The summed E-state index contributed by atoms with van der Waals surface area (Å²) in [5.41, 5.74) is 11.3. The number of hydrogen-bond acceptors (Lipinski definition) is 5. The largest absolute Gasteiger partial charge is 0.497 e. The molecule has 0 fully saturated rings. The fourth-order valence-corrected chi connectivity index (χ4v) is 2.92. The molecule has 0 saturated carbocycles. The molecule has 0 aliphatic rings. The van der Waals surface area contributed by atoms with E-state index in [2.05, 4.69) is 15.3 Å². The third-order valence-electron chi connectivity index (χ3n) is 4.18. The SMILES string of the molecule is COc1ccc(-c2nnc3c(-c4ccccc4)c(C)nn3c2N)cc1. The van der Waals surface area contributed by atoms with Crippen LogP contribution in [0.4, 0.5) is 5.82 Å². The highest BCUT2D eigenvalue weighted by molar-refractivity contribution is 5.82. The van der Waals surface area contributed by atoms with Gasteiger partial charge in [0.25, 0.3) is 0 Å². The van der Waals surface area contributed by atoms with Crippen LogP contribution in [0.5, 0.6) is 5.75 Å². The number of nitrogens with two attached hydrogens (primary N) is 1. The van der Waals surface area contributed by atoms with Crippen LogP contribution in [0.1, 0.15) is 5.69 Å². The number of benzene rings is 2. The van der Waals surface area contributed by atoms with Gasteiger partial charge in [-0.05, 0) is 36.8 Å². The zero-order chi connectivity index (χ0) is 17.4. The Morgan fingerprint density at radius 2 is 1.64 bits per heavy atom. The van der Waals surface area contributed by atoms with Crippen molar-refractivity contribution in [3.63, 3.8) is 0 Å². The van der Waals surface area contributed by atoms with Crippen LogP contribution in [0.3, 0.4) is 0 Å². The van der Waals surface area contributed by atoms with Crippen LogP contribution in [-0.2, 0) is 0 Å². The van der Waals surface area contributed by atoms with Gasteiger partial charge in [0.1, 0.15) is 11.4 Å². The van der Waals surface area contributed by atoms with E-state index in [1.807, 2.05) is 61.5 Å². The van der Waals surface area contributed by atoms with Gasteiger partial charge in [0, 0.05) is 5.56 Å². The number of ether oxygens (including phenoxy) is 1. The summed E-state index contributed by atoms with van der Waals surface area (Å²) in [7, 11) is 1.63. The van der Waals surface area contributed by atoms with Gasteiger partial charge in [0.15, 0.2) is 11.5 Å². The van der Waals surface area contributed by atoms with E-state index in [0.717, 1.165) is 28.1 Å². The van der Waals surface area contributed by atoms with Gasteiger partial charge >= 0.3 is 0 Å². The highest BCUT2D eigenvalue weighted by Gasteiger charge is 2.18. The second-order valence-corrected chi connectivity index (χ2v) is 5.72. The summed E-state index contributed by atoms with van der Waals surface area (Å²) >= 11 is 0. The van der Waals surface area contributed by atoms with Crippen molar-refractivity contribution in [3.05, 3.63) is 60.3 Å². The summed E-state index contributed by atoms with van der Waals surface area (Å²) < 4.78 is 6.85. The Morgan fingerprint density at radius 1 is 0.920 bits per heavy atom. The molecule has 0 amide bonds. The molecule has 0 spiro atoms. The van der Waals surface area contributed by atoms with E-state index >= 15 is 0 Å².